The van der Waals surface area contributed by atoms with Gasteiger partial charge in [0, 0.05) is 5.92 Å². The monoisotopic (exact) mass is 213 g/mol. The molecule has 0 aromatic heterocycles. The molecule has 0 aliphatic heterocycles. The number of esters is 1. The van der Waals surface area contributed by atoms with Gasteiger partial charge in [-0.25, -0.2) is 4.79 Å². The van der Waals surface area contributed by atoms with Crippen LogP contribution in [-0.4, -0.2) is 25.0 Å². The summed E-state index contributed by atoms with van der Waals surface area (Å²) >= 11 is 0. The number of amides is 1. The van der Waals surface area contributed by atoms with Crippen molar-refractivity contribution in [1.29, 1.82) is 0 Å². The van der Waals surface area contributed by atoms with Crippen LogP contribution < -0.4 is 5.32 Å². The lowest BCUT2D eigenvalue weighted by Crippen LogP contribution is -2.48. The Morgan fingerprint density at radius 3 is 2.27 bits per heavy atom. The van der Waals surface area contributed by atoms with Crippen molar-refractivity contribution in [3.05, 3.63) is 0 Å². The zero-order valence-electron chi connectivity index (χ0n) is 9.58. The van der Waals surface area contributed by atoms with Gasteiger partial charge in [-0.3, -0.25) is 4.79 Å². The van der Waals surface area contributed by atoms with Gasteiger partial charge in [-0.2, -0.15) is 0 Å². The van der Waals surface area contributed by atoms with Gasteiger partial charge in [0.1, 0.15) is 6.04 Å². The Kier molecular flexibility index (Phi) is 4.12. The van der Waals surface area contributed by atoms with Crippen LogP contribution in [0.5, 0.6) is 0 Å². The van der Waals surface area contributed by atoms with E-state index in [1.54, 1.807) is 0 Å². The highest BCUT2D eigenvalue weighted by Crippen LogP contribution is 2.26. The van der Waals surface area contributed by atoms with Gasteiger partial charge in [0.2, 0.25) is 5.91 Å². The maximum Gasteiger partial charge on any atom is 0.328 e. The highest BCUT2D eigenvalue weighted by Gasteiger charge is 2.30. The molecule has 86 valence electrons. The van der Waals surface area contributed by atoms with Crippen molar-refractivity contribution in [2.75, 3.05) is 7.11 Å². The lowest BCUT2D eigenvalue weighted by molar-refractivity contribution is -0.147. The van der Waals surface area contributed by atoms with E-state index in [1.807, 2.05) is 13.8 Å². The van der Waals surface area contributed by atoms with Gasteiger partial charge in [0.05, 0.1) is 7.11 Å². The normalized spacial score (nSPS) is 18.1. The minimum absolute atomic E-state index is 0.00894. The Hall–Kier alpha value is -1.06. The van der Waals surface area contributed by atoms with E-state index in [0.717, 1.165) is 19.3 Å². The first-order valence-corrected chi connectivity index (χ1v) is 5.44. The molecule has 0 radical (unpaired) electrons. The van der Waals surface area contributed by atoms with Gasteiger partial charge in [-0.1, -0.05) is 20.3 Å². The molecule has 4 nitrogen and oxygen atoms in total. The summed E-state index contributed by atoms with van der Waals surface area (Å²) in [5.41, 5.74) is 0. The second-order valence-electron chi connectivity index (χ2n) is 4.38. The fourth-order valence-corrected chi connectivity index (χ4v) is 1.57. The third-order valence-corrected chi connectivity index (χ3v) is 2.90. The standard InChI is InChI=1S/C11H19NO3/c1-7(2)9(11(14)15-3)12-10(13)8-5-4-6-8/h7-9H,4-6H2,1-3H3,(H,12,13). The number of rotatable bonds is 4. The van der Waals surface area contributed by atoms with Crippen molar-refractivity contribution in [2.45, 2.75) is 39.2 Å². The Morgan fingerprint density at radius 1 is 1.33 bits per heavy atom. The third-order valence-electron chi connectivity index (χ3n) is 2.90. The Bertz CT molecular complexity index is 246. The van der Waals surface area contributed by atoms with Crippen LogP contribution >= 0.6 is 0 Å². The molecule has 0 aromatic rings. The van der Waals surface area contributed by atoms with E-state index in [1.165, 1.54) is 7.11 Å². The zero-order valence-corrected chi connectivity index (χ0v) is 9.58. The molecule has 0 saturated heterocycles. The van der Waals surface area contributed by atoms with Crippen molar-refractivity contribution in [1.82, 2.24) is 5.32 Å². The minimum atomic E-state index is -0.511. The van der Waals surface area contributed by atoms with Crippen molar-refractivity contribution in [3.8, 4) is 0 Å². The van der Waals surface area contributed by atoms with E-state index in [9.17, 15) is 9.59 Å². The van der Waals surface area contributed by atoms with E-state index in [2.05, 4.69) is 10.1 Å². The van der Waals surface area contributed by atoms with Gasteiger partial charge < -0.3 is 10.1 Å². The van der Waals surface area contributed by atoms with Gasteiger partial charge in [0.25, 0.3) is 0 Å². The molecule has 1 aliphatic rings. The summed E-state index contributed by atoms with van der Waals surface area (Å²) in [6.45, 7) is 3.78. The number of carbonyl (C=O) groups excluding carboxylic acids is 2. The summed E-state index contributed by atoms with van der Waals surface area (Å²) in [6.07, 6.45) is 3.00. The van der Waals surface area contributed by atoms with Gasteiger partial charge in [-0.05, 0) is 18.8 Å². The van der Waals surface area contributed by atoms with Crippen LogP contribution in [-0.2, 0) is 14.3 Å². The zero-order chi connectivity index (χ0) is 11.4. The van der Waals surface area contributed by atoms with Crippen molar-refractivity contribution < 1.29 is 14.3 Å². The van der Waals surface area contributed by atoms with E-state index >= 15 is 0 Å². The van der Waals surface area contributed by atoms with Gasteiger partial charge in [0.15, 0.2) is 0 Å². The average molecular weight is 213 g/mol. The summed E-state index contributed by atoms with van der Waals surface area (Å²) in [6, 6.07) is -0.511. The molecule has 0 spiro atoms. The number of methoxy groups -OCH3 is 1. The summed E-state index contributed by atoms with van der Waals surface area (Å²) < 4.78 is 4.65. The third kappa shape index (κ3) is 2.94. The van der Waals surface area contributed by atoms with E-state index < -0.39 is 6.04 Å². The predicted molar refractivity (Wildman–Crippen MR) is 56.1 cm³/mol. The Balaban J connectivity index is 2.49. The average Bonchev–Trinajstić information content (AvgIpc) is 2.09. The van der Waals surface area contributed by atoms with Crippen LogP contribution in [0.4, 0.5) is 0 Å². The van der Waals surface area contributed by atoms with Gasteiger partial charge in [-0.15, -0.1) is 0 Å². The lowest BCUT2D eigenvalue weighted by Gasteiger charge is -2.27. The largest absolute Gasteiger partial charge is 0.467 e. The van der Waals surface area contributed by atoms with E-state index in [0.29, 0.717) is 0 Å². The maximum atomic E-state index is 11.6. The Morgan fingerprint density at radius 2 is 1.93 bits per heavy atom. The van der Waals surface area contributed by atoms with E-state index in [4.69, 9.17) is 0 Å². The topological polar surface area (TPSA) is 55.4 Å². The van der Waals surface area contributed by atoms with Crippen molar-refractivity contribution >= 4 is 11.9 Å². The minimum Gasteiger partial charge on any atom is -0.467 e. The second kappa shape index (κ2) is 5.14. The summed E-state index contributed by atoms with van der Waals surface area (Å²) in [4.78, 5) is 23.0. The molecule has 1 fully saturated rings. The molecule has 15 heavy (non-hydrogen) atoms. The SMILES string of the molecule is COC(=O)C(NC(=O)C1CCC1)C(C)C. The van der Waals surface area contributed by atoms with Crippen LogP contribution in [0, 0.1) is 11.8 Å². The van der Waals surface area contributed by atoms with Crippen LogP contribution in [0.1, 0.15) is 33.1 Å². The molecule has 1 saturated carbocycles. The molecule has 1 aliphatic carbocycles. The molecule has 1 unspecified atom stereocenters. The van der Waals surface area contributed by atoms with Crippen LogP contribution in [0.15, 0.2) is 0 Å². The molecule has 1 amide bonds. The van der Waals surface area contributed by atoms with Crippen LogP contribution in [0.2, 0.25) is 0 Å². The first-order valence-electron chi connectivity index (χ1n) is 5.44. The predicted octanol–water partition coefficient (Wildman–Crippen LogP) is 1.10. The molecular formula is C11H19NO3. The number of hydrogen-bond acceptors (Lipinski definition) is 3. The molecule has 4 heteroatoms. The smallest absolute Gasteiger partial charge is 0.328 e. The van der Waals surface area contributed by atoms with Crippen LogP contribution in [0.25, 0.3) is 0 Å². The molecule has 0 aromatic carbocycles. The first kappa shape index (κ1) is 12.0. The van der Waals surface area contributed by atoms with E-state index in [-0.39, 0.29) is 23.7 Å². The lowest BCUT2D eigenvalue weighted by atomic mass is 9.84. The number of hydrogen-bond donors (Lipinski definition) is 1. The first-order chi connectivity index (χ1) is 7.06. The Labute approximate surface area is 90.4 Å². The molecular weight excluding hydrogens is 194 g/mol. The van der Waals surface area contributed by atoms with Crippen molar-refractivity contribution in [3.63, 3.8) is 0 Å². The number of carbonyl (C=O) groups is 2. The van der Waals surface area contributed by atoms with Gasteiger partial charge >= 0.3 is 5.97 Å². The molecule has 1 N–H and O–H groups in total. The number of nitrogens with one attached hydrogen (secondary N) is 1. The fraction of sp³-hybridized carbons (Fsp3) is 0.818. The molecule has 1 atom stereocenters. The molecule has 0 bridgehead atoms. The molecule has 0 heterocycles. The van der Waals surface area contributed by atoms with Crippen LogP contribution in [0.3, 0.4) is 0 Å². The quantitative estimate of drug-likeness (QED) is 0.711. The summed E-state index contributed by atoms with van der Waals surface area (Å²) in [5.74, 6) is -0.208. The highest BCUT2D eigenvalue weighted by atomic mass is 16.5. The highest BCUT2D eigenvalue weighted by molar-refractivity contribution is 5.86. The summed E-state index contributed by atoms with van der Waals surface area (Å²) in [5, 5.41) is 2.76. The maximum absolute atomic E-state index is 11.6. The number of ether oxygens (including phenoxy) is 1. The summed E-state index contributed by atoms with van der Waals surface area (Å²) in [7, 11) is 1.34. The molecule has 1 rings (SSSR count). The van der Waals surface area contributed by atoms with Crippen molar-refractivity contribution in [2.24, 2.45) is 11.8 Å². The fourth-order valence-electron chi connectivity index (χ4n) is 1.57. The second-order valence-corrected chi connectivity index (χ2v) is 4.38.